The average Bonchev–Trinajstić information content (AvgIpc) is 3.02. The van der Waals surface area contributed by atoms with Crippen LogP contribution in [0.1, 0.15) is 32.8 Å². The molecule has 2 nitrogen and oxygen atoms in total. The molecule has 19 heavy (non-hydrogen) atoms. The standard InChI is InChI=1S/C16H25ClN2/c1-11(2)18-9-13-5-6-16(15(17)8-13)19(4)10-14-7-12(14)3/h5-6,8,11-12,14,18H,7,9-10H2,1-4H3. The van der Waals surface area contributed by atoms with Crippen LogP contribution in [0.3, 0.4) is 0 Å². The second kappa shape index (κ2) is 6.15. The fraction of sp³-hybridized carbons (Fsp3) is 0.625. The third-order valence-electron chi connectivity index (χ3n) is 3.92. The molecule has 1 N–H and O–H groups in total. The quantitative estimate of drug-likeness (QED) is 0.849. The summed E-state index contributed by atoms with van der Waals surface area (Å²) in [6.07, 6.45) is 1.36. The van der Waals surface area contributed by atoms with E-state index < -0.39 is 0 Å². The maximum atomic E-state index is 6.41. The zero-order chi connectivity index (χ0) is 14.0. The second-order valence-corrected chi connectivity index (χ2v) is 6.58. The van der Waals surface area contributed by atoms with E-state index in [0.29, 0.717) is 6.04 Å². The minimum absolute atomic E-state index is 0.498. The maximum Gasteiger partial charge on any atom is 0.0642 e. The Hall–Kier alpha value is -0.730. The molecule has 1 fully saturated rings. The van der Waals surface area contributed by atoms with Crippen LogP contribution in [0.25, 0.3) is 0 Å². The van der Waals surface area contributed by atoms with E-state index in [1.807, 2.05) is 0 Å². The first-order valence-electron chi connectivity index (χ1n) is 7.20. The number of rotatable bonds is 6. The number of halogens is 1. The van der Waals surface area contributed by atoms with Gasteiger partial charge in [-0.15, -0.1) is 0 Å². The van der Waals surface area contributed by atoms with Gasteiger partial charge in [0.25, 0.3) is 0 Å². The number of anilines is 1. The summed E-state index contributed by atoms with van der Waals surface area (Å²) in [5.41, 5.74) is 2.39. The van der Waals surface area contributed by atoms with Crippen LogP contribution in [0.15, 0.2) is 18.2 Å². The third-order valence-corrected chi connectivity index (χ3v) is 4.23. The van der Waals surface area contributed by atoms with Crippen molar-refractivity contribution < 1.29 is 0 Å². The Morgan fingerprint density at radius 1 is 1.42 bits per heavy atom. The molecule has 0 spiro atoms. The normalized spacial score (nSPS) is 21.8. The Labute approximate surface area is 122 Å². The Kier molecular flexibility index (Phi) is 4.75. The van der Waals surface area contributed by atoms with Crippen LogP contribution < -0.4 is 10.2 Å². The number of benzene rings is 1. The smallest absolute Gasteiger partial charge is 0.0642 e. The van der Waals surface area contributed by atoms with E-state index in [1.54, 1.807) is 0 Å². The van der Waals surface area contributed by atoms with Crippen molar-refractivity contribution in [2.75, 3.05) is 18.5 Å². The molecule has 0 aliphatic heterocycles. The summed E-state index contributed by atoms with van der Waals surface area (Å²) in [5, 5.41) is 4.27. The SMILES string of the molecule is CC(C)NCc1ccc(N(C)CC2CC2C)c(Cl)c1. The Morgan fingerprint density at radius 3 is 2.63 bits per heavy atom. The van der Waals surface area contributed by atoms with E-state index in [1.165, 1.54) is 12.0 Å². The summed E-state index contributed by atoms with van der Waals surface area (Å²) < 4.78 is 0. The molecule has 1 aliphatic rings. The Bertz CT molecular complexity index is 431. The lowest BCUT2D eigenvalue weighted by atomic mass is 10.1. The summed E-state index contributed by atoms with van der Waals surface area (Å²) in [5.74, 6) is 1.74. The summed E-state index contributed by atoms with van der Waals surface area (Å²) in [4.78, 5) is 2.29. The van der Waals surface area contributed by atoms with E-state index >= 15 is 0 Å². The lowest BCUT2D eigenvalue weighted by molar-refractivity contribution is 0.589. The van der Waals surface area contributed by atoms with E-state index in [2.05, 4.69) is 56.2 Å². The van der Waals surface area contributed by atoms with Crippen molar-refractivity contribution in [1.82, 2.24) is 5.32 Å². The lowest BCUT2D eigenvalue weighted by Crippen LogP contribution is -2.22. The summed E-state index contributed by atoms with van der Waals surface area (Å²) >= 11 is 6.41. The summed E-state index contributed by atoms with van der Waals surface area (Å²) in [6.45, 7) is 8.62. The zero-order valence-corrected chi connectivity index (χ0v) is 13.2. The van der Waals surface area contributed by atoms with E-state index in [-0.39, 0.29) is 0 Å². The Morgan fingerprint density at radius 2 is 2.11 bits per heavy atom. The fourth-order valence-corrected chi connectivity index (χ4v) is 2.74. The van der Waals surface area contributed by atoms with Crippen LogP contribution in [0, 0.1) is 11.8 Å². The van der Waals surface area contributed by atoms with Crippen LogP contribution >= 0.6 is 11.6 Å². The van der Waals surface area contributed by atoms with Crippen molar-refractivity contribution in [1.29, 1.82) is 0 Å². The molecule has 3 heteroatoms. The van der Waals surface area contributed by atoms with Gasteiger partial charge in [0, 0.05) is 26.2 Å². The first kappa shape index (κ1) is 14.7. The van der Waals surface area contributed by atoms with Gasteiger partial charge in [-0.1, -0.05) is 38.4 Å². The molecule has 0 radical (unpaired) electrons. The molecule has 2 unspecified atom stereocenters. The van der Waals surface area contributed by atoms with Crippen LogP contribution in [0.5, 0.6) is 0 Å². The molecule has 2 atom stereocenters. The molecule has 1 aromatic rings. The van der Waals surface area contributed by atoms with Crippen LogP contribution in [0.4, 0.5) is 5.69 Å². The molecule has 0 amide bonds. The molecule has 0 aromatic heterocycles. The van der Waals surface area contributed by atoms with Gasteiger partial charge < -0.3 is 10.2 Å². The third kappa shape index (κ3) is 4.12. The number of hydrogen-bond acceptors (Lipinski definition) is 2. The van der Waals surface area contributed by atoms with E-state index in [9.17, 15) is 0 Å². The van der Waals surface area contributed by atoms with Crippen molar-refractivity contribution in [3.05, 3.63) is 28.8 Å². The van der Waals surface area contributed by atoms with Gasteiger partial charge in [-0.2, -0.15) is 0 Å². The molecule has 1 saturated carbocycles. The van der Waals surface area contributed by atoms with Crippen LogP contribution in [-0.2, 0) is 6.54 Å². The average molecular weight is 281 g/mol. The van der Waals surface area contributed by atoms with Gasteiger partial charge in [0.15, 0.2) is 0 Å². The maximum absolute atomic E-state index is 6.41. The fourth-order valence-electron chi connectivity index (χ4n) is 2.40. The predicted octanol–water partition coefficient (Wildman–Crippen LogP) is 3.93. The summed E-state index contributed by atoms with van der Waals surface area (Å²) in [7, 11) is 2.14. The van der Waals surface area contributed by atoms with Gasteiger partial charge in [-0.3, -0.25) is 0 Å². The van der Waals surface area contributed by atoms with E-state index in [0.717, 1.165) is 35.6 Å². The number of hydrogen-bond donors (Lipinski definition) is 1. The molecule has 1 aromatic carbocycles. The molecule has 106 valence electrons. The summed E-state index contributed by atoms with van der Waals surface area (Å²) in [6, 6.07) is 6.90. The molecular formula is C16H25ClN2. The van der Waals surface area contributed by atoms with Crippen molar-refractivity contribution in [3.8, 4) is 0 Å². The molecule has 0 bridgehead atoms. The molecule has 1 aliphatic carbocycles. The second-order valence-electron chi connectivity index (χ2n) is 6.17. The lowest BCUT2D eigenvalue weighted by Gasteiger charge is -2.21. The molecule has 2 rings (SSSR count). The van der Waals surface area contributed by atoms with Gasteiger partial charge in [0.1, 0.15) is 0 Å². The monoisotopic (exact) mass is 280 g/mol. The highest BCUT2D eigenvalue weighted by atomic mass is 35.5. The first-order valence-corrected chi connectivity index (χ1v) is 7.58. The van der Waals surface area contributed by atoms with Gasteiger partial charge in [0.2, 0.25) is 0 Å². The predicted molar refractivity (Wildman–Crippen MR) is 84.0 cm³/mol. The first-order chi connectivity index (χ1) is 8.97. The minimum Gasteiger partial charge on any atom is -0.373 e. The highest BCUT2D eigenvalue weighted by molar-refractivity contribution is 6.33. The molecular weight excluding hydrogens is 256 g/mol. The van der Waals surface area contributed by atoms with Crippen molar-refractivity contribution in [2.24, 2.45) is 11.8 Å². The minimum atomic E-state index is 0.498. The number of nitrogens with one attached hydrogen (secondary N) is 1. The molecule has 0 saturated heterocycles. The number of nitrogens with zero attached hydrogens (tertiary/aromatic N) is 1. The van der Waals surface area contributed by atoms with Gasteiger partial charge in [-0.25, -0.2) is 0 Å². The van der Waals surface area contributed by atoms with Crippen molar-refractivity contribution in [2.45, 2.75) is 39.8 Å². The highest BCUT2D eigenvalue weighted by Crippen LogP contribution is 2.39. The van der Waals surface area contributed by atoms with E-state index in [4.69, 9.17) is 11.6 Å². The van der Waals surface area contributed by atoms with Gasteiger partial charge in [-0.05, 0) is 36.0 Å². The topological polar surface area (TPSA) is 15.3 Å². The van der Waals surface area contributed by atoms with Crippen molar-refractivity contribution in [3.63, 3.8) is 0 Å². The van der Waals surface area contributed by atoms with Crippen LogP contribution in [-0.4, -0.2) is 19.6 Å². The van der Waals surface area contributed by atoms with Crippen LogP contribution in [0.2, 0.25) is 5.02 Å². The highest BCUT2D eigenvalue weighted by Gasteiger charge is 2.33. The van der Waals surface area contributed by atoms with Crippen molar-refractivity contribution >= 4 is 17.3 Å². The van der Waals surface area contributed by atoms with Gasteiger partial charge in [0.05, 0.1) is 10.7 Å². The Balaban J connectivity index is 1.97. The van der Waals surface area contributed by atoms with Gasteiger partial charge >= 0.3 is 0 Å². The zero-order valence-electron chi connectivity index (χ0n) is 12.4. The largest absolute Gasteiger partial charge is 0.373 e. The molecule has 0 heterocycles.